The van der Waals surface area contributed by atoms with Gasteiger partial charge in [-0.2, -0.15) is 0 Å². The van der Waals surface area contributed by atoms with Crippen LogP contribution in [0.25, 0.3) is 0 Å². The Kier molecular flexibility index (Phi) is 7.38. The highest BCUT2D eigenvalue weighted by Crippen LogP contribution is 2.49. The molecule has 2 aromatic carbocycles. The second-order valence-corrected chi connectivity index (χ2v) is 12.8. The van der Waals surface area contributed by atoms with E-state index in [1.165, 1.54) is 43.2 Å². The van der Waals surface area contributed by atoms with Crippen molar-refractivity contribution in [2.45, 2.75) is 57.8 Å². The number of aryl methyl sites for hydroxylation is 1. The van der Waals surface area contributed by atoms with Crippen LogP contribution in [0.4, 0.5) is 17.1 Å². The fourth-order valence-corrected chi connectivity index (χ4v) is 7.46. The van der Waals surface area contributed by atoms with E-state index in [0.29, 0.717) is 29.6 Å². The van der Waals surface area contributed by atoms with Gasteiger partial charge in [0.1, 0.15) is 6.26 Å². The number of anilines is 3. The molecule has 0 radical (unpaired) electrons. The topological polar surface area (TPSA) is 90.7 Å². The smallest absolute Gasteiger partial charge is 0.277 e. The molecule has 1 unspecified atom stereocenters. The maximum atomic E-state index is 13.3. The van der Waals surface area contributed by atoms with E-state index < -0.39 is 0 Å². The third-order valence-corrected chi connectivity index (χ3v) is 9.95. The van der Waals surface area contributed by atoms with E-state index in [0.717, 1.165) is 68.9 Å². The Morgan fingerprint density at radius 3 is 2.43 bits per heavy atom. The molecule has 4 fully saturated rings. The molecule has 4 aliphatic rings. The van der Waals surface area contributed by atoms with Crippen molar-refractivity contribution in [2.24, 2.45) is 17.8 Å². The van der Waals surface area contributed by atoms with Crippen molar-refractivity contribution in [3.8, 4) is 0 Å². The number of aromatic nitrogens is 1. The minimum Gasteiger partial charge on any atom is -0.448 e. The van der Waals surface area contributed by atoms with Crippen LogP contribution in [0.15, 0.2) is 53.1 Å². The number of benzene rings is 2. The van der Waals surface area contributed by atoms with Gasteiger partial charge in [0.2, 0.25) is 0 Å². The highest BCUT2D eigenvalue weighted by molar-refractivity contribution is 6.06. The van der Waals surface area contributed by atoms with Crippen molar-refractivity contribution >= 4 is 28.9 Å². The second kappa shape index (κ2) is 11.5. The van der Waals surface area contributed by atoms with Gasteiger partial charge in [-0.1, -0.05) is 24.6 Å². The van der Waals surface area contributed by atoms with Crippen molar-refractivity contribution in [1.29, 1.82) is 0 Å². The molecular formula is C34H41N5O3. The van der Waals surface area contributed by atoms with Gasteiger partial charge >= 0.3 is 0 Å². The van der Waals surface area contributed by atoms with Crippen molar-refractivity contribution in [3.63, 3.8) is 0 Å². The largest absolute Gasteiger partial charge is 0.448 e. The lowest BCUT2D eigenvalue weighted by Gasteiger charge is -2.38. The number of carbonyl (C=O) groups is 2. The highest BCUT2D eigenvalue weighted by Gasteiger charge is 2.39. The first-order valence-corrected chi connectivity index (χ1v) is 15.8. The Balaban J connectivity index is 1.06. The molecule has 3 aromatic rings. The first-order chi connectivity index (χ1) is 20.5. The minimum atomic E-state index is -0.320. The first-order valence-electron chi connectivity index (χ1n) is 15.8. The normalized spacial score (nSPS) is 23.3. The maximum Gasteiger partial charge on any atom is 0.277 e. The minimum absolute atomic E-state index is 0.0953. The standard InChI is InChI=1S/C34H41N5O3/c1-22-4-2-3-5-30(22)38-14-16-39(17-15-38)31-11-10-27(32(40)35-13-12-26-19-23-6-7-25(26)18-23)20-28(31)36-33(41)29-21-42-34(37-29)24-8-9-24/h2-5,10-11,20-21,23-26H,6-9,12-19H2,1H3,(H,35,40)(H,36,41)/t23-,25+,26?/m0/s1. The summed E-state index contributed by atoms with van der Waals surface area (Å²) in [6.45, 7) is 6.20. The van der Waals surface area contributed by atoms with E-state index in [1.807, 2.05) is 18.2 Å². The van der Waals surface area contributed by atoms with Gasteiger partial charge in [-0.05, 0) is 93.0 Å². The monoisotopic (exact) mass is 567 g/mol. The van der Waals surface area contributed by atoms with Gasteiger partial charge in [-0.25, -0.2) is 4.98 Å². The van der Waals surface area contributed by atoms with Crippen LogP contribution >= 0.6 is 0 Å². The lowest BCUT2D eigenvalue weighted by molar-refractivity contribution is 0.0948. The molecule has 2 amide bonds. The first kappa shape index (κ1) is 27.0. The third kappa shape index (κ3) is 5.63. The summed E-state index contributed by atoms with van der Waals surface area (Å²) in [5.41, 5.74) is 4.90. The fourth-order valence-electron chi connectivity index (χ4n) is 7.46. The molecule has 220 valence electrons. The van der Waals surface area contributed by atoms with Crippen LogP contribution in [-0.2, 0) is 0 Å². The van der Waals surface area contributed by atoms with Crippen LogP contribution in [-0.4, -0.2) is 49.5 Å². The lowest BCUT2D eigenvalue weighted by atomic mass is 9.86. The molecule has 1 aliphatic heterocycles. The number of rotatable bonds is 9. The second-order valence-electron chi connectivity index (χ2n) is 12.8. The zero-order valence-electron chi connectivity index (χ0n) is 24.5. The van der Waals surface area contributed by atoms with Crippen LogP contribution in [0.5, 0.6) is 0 Å². The summed E-state index contributed by atoms with van der Waals surface area (Å²) >= 11 is 0. The number of hydrogen-bond acceptors (Lipinski definition) is 6. The number of fused-ring (bicyclic) bond motifs is 2. The lowest BCUT2D eigenvalue weighted by Crippen LogP contribution is -2.47. The quantitative estimate of drug-likeness (QED) is 0.330. The molecule has 1 saturated heterocycles. The summed E-state index contributed by atoms with van der Waals surface area (Å²) in [4.78, 5) is 35.6. The zero-order chi connectivity index (χ0) is 28.6. The maximum absolute atomic E-state index is 13.3. The van der Waals surface area contributed by atoms with Crippen LogP contribution in [0.1, 0.15) is 83.2 Å². The van der Waals surface area contributed by atoms with Crippen molar-refractivity contribution in [2.75, 3.05) is 47.8 Å². The molecular weight excluding hydrogens is 526 g/mol. The van der Waals surface area contributed by atoms with E-state index in [9.17, 15) is 9.59 Å². The Hall–Kier alpha value is -3.81. The van der Waals surface area contributed by atoms with Crippen molar-refractivity contribution in [1.82, 2.24) is 10.3 Å². The number of amides is 2. The summed E-state index contributed by atoms with van der Waals surface area (Å²) in [6.07, 6.45) is 10.1. The summed E-state index contributed by atoms with van der Waals surface area (Å²) in [5.74, 6) is 3.08. The van der Waals surface area contributed by atoms with E-state index in [4.69, 9.17) is 4.42 Å². The molecule has 7 rings (SSSR count). The van der Waals surface area contributed by atoms with Crippen LogP contribution in [0.2, 0.25) is 0 Å². The summed E-state index contributed by atoms with van der Waals surface area (Å²) in [5, 5.41) is 6.22. The van der Waals surface area contributed by atoms with Crippen LogP contribution < -0.4 is 20.4 Å². The van der Waals surface area contributed by atoms with Gasteiger partial charge < -0.3 is 24.9 Å². The van der Waals surface area contributed by atoms with E-state index >= 15 is 0 Å². The SMILES string of the molecule is Cc1ccccc1N1CCN(c2ccc(C(=O)NCCC3C[C@H]4CC[C@@H]3C4)cc2NC(=O)c2coc(C3CC3)n2)CC1. The average Bonchev–Trinajstić information content (AvgIpc) is 3.38. The number of carbonyl (C=O) groups excluding carboxylic acids is 2. The molecule has 2 bridgehead atoms. The Labute approximate surface area is 247 Å². The molecule has 3 saturated carbocycles. The molecule has 2 heterocycles. The average molecular weight is 568 g/mol. The van der Waals surface area contributed by atoms with Crippen LogP contribution in [0, 0.1) is 24.7 Å². The number of para-hydroxylation sites is 1. The number of piperazine rings is 1. The van der Waals surface area contributed by atoms with E-state index in [-0.39, 0.29) is 17.5 Å². The molecule has 42 heavy (non-hydrogen) atoms. The summed E-state index contributed by atoms with van der Waals surface area (Å²) in [6, 6.07) is 14.2. The van der Waals surface area contributed by atoms with Gasteiger partial charge in [-0.15, -0.1) is 0 Å². The number of nitrogens with zero attached hydrogens (tertiary/aromatic N) is 3. The van der Waals surface area contributed by atoms with Crippen molar-refractivity contribution < 1.29 is 14.0 Å². The molecule has 1 aromatic heterocycles. The Morgan fingerprint density at radius 2 is 1.71 bits per heavy atom. The van der Waals surface area contributed by atoms with E-state index in [2.05, 4.69) is 56.6 Å². The van der Waals surface area contributed by atoms with Crippen molar-refractivity contribution in [3.05, 3.63) is 71.4 Å². The van der Waals surface area contributed by atoms with Gasteiger partial charge in [0.05, 0.1) is 11.4 Å². The molecule has 3 atom stereocenters. The van der Waals surface area contributed by atoms with Crippen LogP contribution in [0.3, 0.4) is 0 Å². The third-order valence-electron chi connectivity index (χ3n) is 9.95. The highest BCUT2D eigenvalue weighted by atomic mass is 16.3. The van der Waals surface area contributed by atoms with Gasteiger partial charge in [0.15, 0.2) is 11.6 Å². The molecule has 2 N–H and O–H groups in total. The molecule has 8 heteroatoms. The Bertz CT molecular complexity index is 1450. The predicted molar refractivity (Wildman–Crippen MR) is 164 cm³/mol. The van der Waals surface area contributed by atoms with Gasteiger partial charge in [0.25, 0.3) is 11.8 Å². The summed E-state index contributed by atoms with van der Waals surface area (Å²) in [7, 11) is 0. The molecule has 0 spiro atoms. The van der Waals surface area contributed by atoms with Gasteiger partial charge in [-0.3, -0.25) is 9.59 Å². The Morgan fingerprint density at radius 1 is 0.929 bits per heavy atom. The number of nitrogens with one attached hydrogen (secondary N) is 2. The predicted octanol–water partition coefficient (Wildman–Crippen LogP) is 6.00. The summed E-state index contributed by atoms with van der Waals surface area (Å²) < 4.78 is 5.57. The van der Waals surface area contributed by atoms with Gasteiger partial charge in [0, 0.05) is 49.9 Å². The molecule has 8 nitrogen and oxygen atoms in total. The number of hydrogen-bond donors (Lipinski definition) is 2. The molecule has 3 aliphatic carbocycles. The number of oxazole rings is 1. The van der Waals surface area contributed by atoms with E-state index in [1.54, 1.807) is 0 Å². The fraction of sp³-hybridized carbons (Fsp3) is 0.500. The zero-order valence-corrected chi connectivity index (χ0v) is 24.5.